The smallest absolute Gasteiger partial charge is 0.264 e. The van der Waals surface area contributed by atoms with Gasteiger partial charge in [-0.05, 0) is 24.9 Å². The molecule has 0 aliphatic heterocycles. The minimum absolute atomic E-state index is 0.00992. The summed E-state index contributed by atoms with van der Waals surface area (Å²) in [6.45, 7) is 3.88. The Bertz CT molecular complexity index is 499. The van der Waals surface area contributed by atoms with Gasteiger partial charge in [-0.15, -0.1) is 0 Å². The second-order valence-electron chi connectivity index (χ2n) is 4.33. The fourth-order valence-corrected chi connectivity index (χ4v) is 2.20. The molecule has 0 aromatic heterocycles. The Morgan fingerprint density at radius 1 is 1.32 bits per heavy atom. The highest BCUT2D eigenvalue weighted by atomic mass is 32.2. The largest absolute Gasteiger partial charge is 0.511 e. The van der Waals surface area contributed by atoms with Crippen LogP contribution < -0.4 is 5.32 Å². The van der Waals surface area contributed by atoms with Gasteiger partial charge in [0.15, 0.2) is 0 Å². The van der Waals surface area contributed by atoms with Gasteiger partial charge in [0.1, 0.15) is 5.76 Å². The molecule has 0 saturated heterocycles. The van der Waals surface area contributed by atoms with Crippen LogP contribution >= 0.6 is 0 Å². The van der Waals surface area contributed by atoms with Crippen molar-refractivity contribution in [3.05, 3.63) is 48.2 Å². The molecule has 0 amide bonds. The number of hydrogen-bond acceptors (Lipinski definition) is 4. The summed E-state index contributed by atoms with van der Waals surface area (Å²) in [7, 11) is -3.93. The minimum Gasteiger partial charge on any atom is -0.511 e. The summed E-state index contributed by atoms with van der Waals surface area (Å²) in [4.78, 5) is 0. The number of nitrogens with one attached hydrogen (secondary N) is 1. The lowest BCUT2D eigenvalue weighted by Crippen LogP contribution is -2.34. The van der Waals surface area contributed by atoms with E-state index in [4.69, 9.17) is 4.55 Å². The highest BCUT2D eigenvalue weighted by Crippen LogP contribution is 2.07. The highest BCUT2D eigenvalue weighted by molar-refractivity contribution is 7.85. The van der Waals surface area contributed by atoms with E-state index in [-0.39, 0.29) is 24.0 Å². The van der Waals surface area contributed by atoms with Crippen molar-refractivity contribution in [2.45, 2.75) is 18.9 Å². The van der Waals surface area contributed by atoms with E-state index in [1.807, 2.05) is 30.3 Å². The van der Waals surface area contributed by atoms with Gasteiger partial charge in [-0.2, -0.15) is 8.42 Å². The molecule has 0 spiro atoms. The van der Waals surface area contributed by atoms with E-state index in [9.17, 15) is 13.5 Å². The minimum atomic E-state index is -3.93. The van der Waals surface area contributed by atoms with E-state index >= 15 is 0 Å². The van der Waals surface area contributed by atoms with Crippen LogP contribution in [0, 0.1) is 0 Å². The van der Waals surface area contributed by atoms with Crippen LogP contribution in [-0.2, 0) is 16.5 Å². The number of benzene rings is 1. The maximum Gasteiger partial charge on any atom is 0.264 e. The molecule has 0 unspecified atom stereocenters. The molecule has 1 atom stereocenters. The molecule has 0 radical (unpaired) electrons. The van der Waals surface area contributed by atoms with Gasteiger partial charge in [0.05, 0.1) is 11.8 Å². The first-order valence-electron chi connectivity index (χ1n) is 5.99. The first-order valence-corrected chi connectivity index (χ1v) is 7.59. The molecule has 1 aromatic carbocycles. The van der Waals surface area contributed by atoms with Crippen molar-refractivity contribution < 1.29 is 18.1 Å². The normalized spacial score (nSPS) is 13.1. The summed E-state index contributed by atoms with van der Waals surface area (Å²) in [5.74, 6) is -0.286. The van der Waals surface area contributed by atoms with Gasteiger partial charge in [-0.1, -0.05) is 36.9 Å². The number of aliphatic hydroxyl groups excluding tert-OH is 1. The van der Waals surface area contributed by atoms with E-state index < -0.39 is 10.1 Å². The third-order valence-corrected chi connectivity index (χ3v) is 3.46. The molecular weight excluding hydrogens is 266 g/mol. The summed E-state index contributed by atoms with van der Waals surface area (Å²) in [6, 6.07) is 9.27. The second kappa shape index (κ2) is 7.28. The van der Waals surface area contributed by atoms with Crippen molar-refractivity contribution in [1.82, 2.24) is 5.32 Å². The molecule has 3 N–H and O–H groups in total. The summed E-state index contributed by atoms with van der Waals surface area (Å²) in [5, 5.41) is 12.5. The lowest BCUT2D eigenvalue weighted by molar-refractivity contribution is 0.340. The molecule has 1 rings (SSSR count). The summed E-state index contributed by atoms with van der Waals surface area (Å²) < 4.78 is 29.7. The van der Waals surface area contributed by atoms with Gasteiger partial charge in [-0.3, -0.25) is 4.55 Å². The van der Waals surface area contributed by atoms with Crippen molar-refractivity contribution in [1.29, 1.82) is 0 Å². The molecule has 5 nitrogen and oxygen atoms in total. The van der Waals surface area contributed by atoms with Gasteiger partial charge in [0, 0.05) is 0 Å². The average Bonchev–Trinajstić information content (AvgIpc) is 2.33. The van der Waals surface area contributed by atoms with Gasteiger partial charge in [0.2, 0.25) is 0 Å². The molecule has 1 aromatic rings. The Hall–Kier alpha value is -1.37. The van der Waals surface area contributed by atoms with Crippen molar-refractivity contribution in [2.24, 2.45) is 0 Å². The highest BCUT2D eigenvalue weighted by Gasteiger charge is 2.12. The Morgan fingerprint density at radius 3 is 2.47 bits per heavy atom. The van der Waals surface area contributed by atoms with E-state index in [0.717, 1.165) is 5.56 Å². The van der Waals surface area contributed by atoms with Gasteiger partial charge in [-0.25, -0.2) is 0 Å². The van der Waals surface area contributed by atoms with Crippen LogP contribution in [0.25, 0.3) is 0 Å². The predicted molar refractivity (Wildman–Crippen MR) is 74.7 cm³/mol. The fourth-order valence-electron chi connectivity index (χ4n) is 1.69. The van der Waals surface area contributed by atoms with Gasteiger partial charge < -0.3 is 10.4 Å². The number of aliphatic hydroxyl groups is 1. The van der Waals surface area contributed by atoms with Crippen molar-refractivity contribution >= 4 is 10.1 Å². The SMILES string of the molecule is C=C(O)[C@H](Cc1ccccc1)NCCCS(=O)(=O)O. The molecule has 0 fully saturated rings. The maximum atomic E-state index is 10.6. The third-order valence-electron chi connectivity index (χ3n) is 2.65. The van der Waals surface area contributed by atoms with E-state index in [2.05, 4.69) is 11.9 Å². The molecule has 0 heterocycles. The van der Waals surface area contributed by atoms with Crippen molar-refractivity contribution in [2.75, 3.05) is 12.3 Å². The lowest BCUT2D eigenvalue weighted by Gasteiger charge is -2.17. The maximum absolute atomic E-state index is 10.6. The van der Waals surface area contributed by atoms with Crippen molar-refractivity contribution in [3.8, 4) is 0 Å². The van der Waals surface area contributed by atoms with Gasteiger partial charge >= 0.3 is 0 Å². The molecule has 0 aliphatic carbocycles. The average molecular weight is 285 g/mol. The number of rotatable bonds is 8. The topological polar surface area (TPSA) is 86.6 Å². The first-order chi connectivity index (χ1) is 8.88. The predicted octanol–water partition coefficient (Wildman–Crippen LogP) is 1.54. The Morgan fingerprint density at radius 2 is 1.95 bits per heavy atom. The van der Waals surface area contributed by atoms with E-state index in [0.29, 0.717) is 13.0 Å². The quantitative estimate of drug-likeness (QED) is 0.383. The van der Waals surface area contributed by atoms with E-state index in [1.165, 1.54) is 0 Å². The van der Waals surface area contributed by atoms with Crippen LogP contribution in [0.15, 0.2) is 42.7 Å². The van der Waals surface area contributed by atoms with Crippen LogP contribution in [0.3, 0.4) is 0 Å². The van der Waals surface area contributed by atoms with Crippen LogP contribution in [-0.4, -0.2) is 36.4 Å². The number of hydrogen-bond donors (Lipinski definition) is 3. The first kappa shape index (κ1) is 15.7. The summed E-state index contributed by atoms with van der Waals surface area (Å²) >= 11 is 0. The van der Waals surface area contributed by atoms with Crippen molar-refractivity contribution in [3.63, 3.8) is 0 Å². The van der Waals surface area contributed by atoms with Crippen LogP contribution in [0.4, 0.5) is 0 Å². The van der Waals surface area contributed by atoms with Crippen LogP contribution in [0.5, 0.6) is 0 Å². The van der Waals surface area contributed by atoms with Crippen LogP contribution in [0.1, 0.15) is 12.0 Å². The van der Waals surface area contributed by atoms with E-state index in [1.54, 1.807) is 0 Å². The lowest BCUT2D eigenvalue weighted by atomic mass is 10.0. The molecule has 0 aliphatic rings. The molecule has 0 saturated carbocycles. The molecule has 0 bridgehead atoms. The zero-order valence-electron chi connectivity index (χ0n) is 10.6. The summed E-state index contributed by atoms with van der Waals surface area (Å²) in [5.41, 5.74) is 1.05. The molecular formula is C13H19NO4S. The molecule has 6 heteroatoms. The Kier molecular flexibility index (Phi) is 6.01. The summed E-state index contributed by atoms with van der Waals surface area (Å²) in [6.07, 6.45) is 0.847. The molecule has 106 valence electrons. The molecule has 19 heavy (non-hydrogen) atoms. The monoisotopic (exact) mass is 285 g/mol. The zero-order chi connectivity index (χ0) is 14.3. The third kappa shape index (κ3) is 6.95. The van der Waals surface area contributed by atoms with Gasteiger partial charge in [0.25, 0.3) is 10.1 Å². The standard InChI is InChI=1S/C13H19NO4S/c1-11(15)13(10-12-6-3-2-4-7-12)14-8-5-9-19(16,17)18/h2-4,6-7,13-15H,1,5,8-10H2,(H,16,17,18)/t13-/m0/s1. The Balaban J connectivity index is 2.44. The fraction of sp³-hybridized carbons (Fsp3) is 0.385. The zero-order valence-corrected chi connectivity index (χ0v) is 11.4. The Labute approximate surface area is 113 Å². The van der Waals surface area contributed by atoms with Crippen LogP contribution in [0.2, 0.25) is 0 Å². The second-order valence-corrected chi connectivity index (χ2v) is 5.90.